The molecule has 150 valence electrons. The van der Waals surface area contributed by atoms with E-state index in [9.17, 15) is 4.79 Å². The smallest absolute Gasteiger partial charge is 0.323 e. The molecule has 30 heavy (non-hydrogen) atoms. The molecule has 0 spiro atoms. The lowest BCUT2D eigenvalue weighted by Gasteiger charge is -2.12. The predicted octanol–water partition coefficient (Wildman–Crippen LogP) is 4.79. The molecular weight excluding hydrogens is 400 g/mol. The standard InChI is InChI=1S/C22H19ClN6O/c23-16-5-1-2-6-17(16)28-22(30)27-13-8-10-14(11-9-13)29-18-7-3-4-15(18)19-20(29)21(24)26-12-25-19/h1-2,5-6,8-12H,3-4,7H2,(H2,24,25,26)(H2,27,28,30). The topological polar surface area (TPSA) is 97.9 Å². The number of nitrogens with one attached hydrogen (secondary N) is 2. The Balaban J connectivity index is 1.43. The first-order chi connectivity index (χ1) is 14.6. The maximum absolute atomic E-state index is 12.3. The lowest BCUT2D eigenvalue weighted by Crippen LogP contribution is -2.19. The second kappa shape index (κ2) is 7.35. The van der Waals surface area contributed by atoms with Crippen molar-refractivity contribution in [3.63, 3.8) is 0 Å². The van der Waals surface area contributed by atoms with Gasteiger partial charge in [-0.1, -0.05) is 23.7 Å². The third-order valence-corrected chi connectivity index (χ3v) is 5.65. The van der Waals surface area contributed by atoms with Crippen molar-refractivity contribution in [3.05, 3.63) is 71.1 Å². The van der Waals surface area contributed by atoms with Gasteiger partial charge in [-0.2, -0.15) is 0 Å². The summed E-state index contributed by atoms with van der Waals surface area (Å²) >= 11 is 6.09. The Bertz CT molecular complexity index is 1260. The minimum Gasteiger partial charge on any atom is -0.382 e. The van der Waals surface area contributed by atoms with Crippen LogP contribution >= 0.6 is 11.6 Å². The summed E-state index contributed by atoms with van der Waals surface area (Å²) in [5, 5.41) is 6.05. The van der Waals surface area contributed by atoms with Crippen LogP contribution in [0.2, 0.25) is 5.02 Å². The predicted molar refractivity (Wildman–Crippen MR) is 119 cm³/mol. The van der Waals surface area contributed by atoms with Crippen LogP contribution in [0.3, 0.4) is 0 Å². The molecule has 0 saturated heterocycles. The van der Waals surface area contributed by atoms with Crippen LogP contribution in [0.25, 0.3) is 16.7 Å². The molecule has 1 aliphatic rings. The molecule has 1 aliphatic carbocycles. The van der Waals surface area contributed by atoms with Crippen LogP contribution in [-0.4, -0.2) is 20.6 Å². The van der Waals surface area contributed by atoms with Gasteiger partial charge in [-0.05, 0) is 61.2 Å². The van der Waals surface area contributed by atoms with Gasteiger partial charge in [0.2, 0.25) is 0 Å². The highest BCUT2D eigenvalue weighted by Crippen LogP contribution is 2.36. The number of aryl methyl sites for hydroxylation is 1. The number of rotatable bonds is 3. The summed E-state index contributed by atoms with van der Waals surface area (Å²) in [7, 11) is 0. The Morgan fingerprint density at radius 3 is 2.63 bits per heavy atom. The number of para-hydroxylation sites is 1. The van der Waals surface area contributed by atoms with Crippen molar-refractivity contribution in [1.82, 2.24) is 14.5 Å². The number of carbonyl (C=O) groups excluding carboxylic acids is 1. The van der Waals surface area contributed by atoms with E-state index < -0.39 is 0 Å². The fraction of sp³-hybridized carbons (Fsp3) is 0.136. The van der Waals surface area contributed by atoms with Crippen molar-refractivity contribution in [3.8, 4) is 5.69 Å². The number of nitrogen functional groups attached to an aromatic ring is 1. The van der Waals surface area contributed by atoms with Crippen LogP contribution in [0.1, 0.15) is 17.7 Å². The number of hydrogen-bond donors (Lipinski definition) is 3. The number of aromatic nitrogens is 3. The molecular formula is C22H19ClN6O. The average Bonchev–Trinajstić information content (AvgIpc) is 3.32. The number of fused-ring (bicyclic) bond motifs is 3. The fourth-order valence-corrected chi connectivity index (χ4v) is 4.21. The maximum atomic E-state index is 12.3. The average molecular weight is 419 g/mol. The molecule has 0 saturated carbocycles. The molecule has 4 N–H and O–H groups in total. The third kappa shape index (κ3) is 3.13. The zero-order valence-electron chi connectivity index (χ0n) is 16.0. The van der Waals surface area contributed by atoms with Gasteiger partial charge in [-0.25, -0.2) is 14.8 Å². The van der Waals surface area contributed by atoms with Gasteiger partial charge in [0.1, 0.15) is 11.8 Å². The molecule has 0 fully saturated rings. The second-order valence-corrected chi connectivity index (χ2v) is 7.58. The van der Waals surface area contributed by atoms with Gasteiger partial charge in [0, 0.05) is 17.1 Å². The van der Waals surface area contributed by atoms with Crippen LogP contribution in [-0.2, 0) is 12.8 Å². The lowest BCUT2D eigenvalue weighted by atomic mass is 10.2. The number of hydrogen-bond acceptors (Lipinski definition) is 4. The van der Waals surface area contributed by atoms with Gasteiger partial charge < -0.3 is 20.9 Å². The van der Waals surface area contributed by atoms with E-state index >= 15 is 0 Å². The van der Waals surface area contributed by atoms with Crippen molar-refractivity contribution in [2.24, 2.45) is 0 Å². The molecule has 2 aromatic carbocycles. The highest BCUT2D eigenvalue weighted by atomic mass is 35.5. The quantitative estimate of drug-likeness (QED) is 0.445. The number of nitrogens with two attached hydrogens (primary N) is 1. The molecule has 0 aliphatic heterocycles. The van der Waals surface area contributed by atoms with E-state index in [1.54, 1.807) is 12.1 Å². The summed E-state index contributed by atoms with van der Waals surface area (Å²) in [4.78, 5) is 21.0. The first kappa shape index (κ1) is 18.4. The molecule has 7 nitrogen and oxygen atoms in total. The van der Waals surface area contributed by atoms with Crippen LogP contribution in [0.15, 0.2) is 54.9 Å². The van der Waals surface area contributed by atoms with E-state index in [0.29, 0.717) is 22.2 Å². The molecule has 0 atom stereocenters. The van der Waals surface area contributed by atoms with Gasteiger partial charge in [0.15, 0.2) is 5.82 Å². The minimum atomic E-state index is -0.360. The zero-order valence-corrected chi connectivity index (χ0v) is 16.8. The van der Waals surface area contributed by atoms with Crippen molar-refractivity contribution >= 4 is 45.9 Å². The van der Waals surface area contributed by atoms with E-state index in [2.05, 4.69) is 25.2 Å². The summed E-state index contributed by atoms with van der Waals surface area (Å²) in [6.07, 6.45) is 4.60. The number of carbonyl (C=O) groups is 1. The highest BCUT2D eigenvalue weighted by molar-refractivity contribution is 6.33. The van der Waals surface area contributed by atoms with Gasteiger partial charge >= 0.3 is 6.03 Å². The van der Waals surface area contributed by atoms with Crippen LogP contribution in [0.4, 0.5) is 22.0 Å². The van der Waals surface area contributed by atoms with Gasteiger partial charge in [0.25, 0.3) is 0 Å². The number of anilines is 3. The highest BCUT2D eigenvalue weighted by Gasteiger charge is 2.25. The molecule has 0 unspecified atom stereocenters. The Hall–Kier alpha value is -3.58. The molecule has 0 radical (unpaired) electrons. The van der Waals surface area contributed by atoms with E-state index in [4.69, 9.17) is 17.3 Å². The Morgan fingerprint density at radius 1 is 1.03 bits per heavy atom. The van der Waals surface area contributed by atoms with E-state index in [-0.39, 0.29) is 6.03 Å². The lowest BCUT2D eigenvalue weighted by molar-refractivity contribution is 0.262. The van der Waals surface area contributed by atoms with E-state index in [1.165, 1.54) is 17.6 Å². The largest absolute Gasteiger partial charge is 0.382 e. The monoisotopic (exact) mass is 418 g/mol. The van der Waals surface area contributed by atoms with Crippen molar-refractivity contribution in [1.29, 1.82) is 0 Å². The van der Waals surface area contributed by atoms with Crippen LogP contribution in [0, 0.1) is 0 Å². The first-order valence-electron chi connectivity index (χ1n) is 9.67. The number of urea groups is 1. The third-order valence-electron chi connectivity index (χ3n) is 5.32. The Kier molecular flexibility index (Phi) is 4.52. The number of benzene rings is 2. The molecule has 2 amide bonds. The molecule has 8 heteroatoms. The number of amides is 2. The molecule has 4 aromatic rings. The van der Waals surface area contributed by atoms with Crippen LogP contribution in [0.5, 0.6) is 0 Å². The normalized spacial score (nSPS) is 12.7. The number of nitrogens with zero attached hydrogens (tertiary/aromatic N) is 3. The Morgan fingerprint density at radius 2 is 1.83 bits per heavy atom. The Labute approximate surface area is 177 Å². The molecule has 2 heterocycles. The molecule has 5 rings (SSSR count). The summed E-state index contributed by atoms with van der Waals surface area (Å²) < 4.78 is 2.14. The van der Waals surface area contributed by atoms with E-state index in [1.807, 2.05) is 36.4 Å². The zero-order chi connectivity index (χ0) is 20.7. The minimum absolute atomic E-state index is 0.360. The van der Waals surface area contributed by atoms with Gasteiger partial charge in [-0.15, -0.1) is 0 Å². The fourth-order valence-electron chi connectivity index (χ4n) is 4.02. The SMILES string of the molecule is Nc1ncnc2c3c(n(-c4ccc(NC(=O)Nc5ccccc5Cl)cc4)c12)CCC3. The van der Waals surface area contributed by atoms with Crippen molar-refractivity contribution < 1.29 is 4.79 Å². The summed E-state index contributed by atoms with van der Waals surface area (Å²) in [5.41, 5.74) is 12.6. The maximum Gasteiger partial charge on any atom is 0.323 e. The van der Waals surface area contributed by atoms with Gasteiger partial charge in [0.05, 0.1) is 16.2 Å². The summed E-state index contributed by atoms with van der Waals surface area (Å²) in [6.45, 7) is 0. The molecule has 0 bridgehead atoms. The van der Waals surface area contributed by atoms with E-state index in [0.717, 1.165) is 36.0 Å². The van der Waals surface area contributed by atoms with Crippen molar-refractivity contribution in [2.75, 3.05) is 16.4 Å². The van der Waals surface area contributed by atoms with Gasteiger partial charge in [-0.3, -0.25) is 0 Å². The van der Waals surface area contributed by atoms with Crippen LogP contribution < -0.4 is 16.4 Å². The first-order valence-corrected chi connectivity index (χ1v) is 10.1. The number of halogens is 1. The van der Waals surface area contributed by atoms with Crippen molar-refractivity contribution in [2.45, 2.75) is 19.3 Å². The second-order valence-electron chi connectivity index (χ2n) is 7.18. The molecule has 2 aromatic heterocycles. The summed E-state index contributed by atoms with van der Waals surface area (Å²) in [6, 6.07) is 14.3. The summed E-state index contributed by atoms with van der Waals surface area (Å²) in [5.74, 6) is 0.468.